The van der Waals surface area contributed by atoms with Gasteiger partial charge in [0.2, 0.25) is 0 Å². The summed E-state index contributed by atoms with van der Waals surface area (Å²) in [6.45, 7) is 5.66. The van der Waals surface area contributed by atoms with Gasteiger partial charge in [0.1, 0.15) is 5.75 Å². The standard InChI is InChI=1S/C14H19NO4/c1-4-15(10(3)7-13(17)18)14(19)11-6-5-9(2)12(16)8-11/h5-6,8,10,16H,4,7H2,1-3H3,(H,17,18). The lowest BCUT2D eigenvalue weighted by Crippen LogP contribution is -2.39. The summed E-state index contributed by atoms with van der Waals surface area (Å²) in [5.41, 5.74) is 1.06. The molecule has 0 aliphatic heterocycles. The average Bonchev–Trinajstić information content (AvgIpc) is 2.32. The summed E-state index contributed by atoms with van der Waals surface area (Å²) in [6, 6.07) is 4.32. The Labute approximate surface area is 112 Å². The number of aromatic hydroxyl groups is 1. The maximum atomic E-state index is 12.3. The number of phenols is 1. The van der Waals surface area contributed by atoms with Gasteiger partial charge in [-0.25, -0.2) is 0 Å². The zero-order chi connectivity index (χ0) is 14.6. The molecule has 1 aromatic rings. The second-order valence-electron chi connectivity index (χ2n) is 4.54. The van der Waals surface area contributed by atoms with Crippen molar-refractivity contribution >= 4 is 11.9 Å². The van der Waals surface area contributed by atoms with Crippen LogP contribution in [0, 0.1) is 6.92 Å². The number of hydrogen-bond acceptors (Lipinski definition) is 3. The Morgan fingerprint density at radius 3 is 2.47 bits per heavy atom. The van der Waals surface area contributed by atoms with Crippen molar-refractivity contribution in [3.8, 4) is 5.75 Å². The first-order valence-electron chi connectivity index (χ1n) is 6.19. The van der Waals surface area contributed by atoms with Gasteiger partial charge in [-0.05, 0) is 38.5 Å². The van der Waals surface area contributed by atoms with Crippen molar-refractivity contribution < 1.29 is 19.8 Å². The molecule has 0 heterocycles. The lowest BCUT2D eigenvalue weighted by molar-refractivity contribution is -0.138. The summed E-state index contributed by atoms with van der Waals surface area (Å²) in [6.07, 6.45) is -0.0998. The Kier molecular flexibility index (Phi) is 4.92. The lowest BCUT2D eigenvalue weighted by atomic mass is 10.1. The fourth-order valence-corrected chi connectivity index (χ4v) is 1.93. The third-order valence-corrected chi connectivity index (χ3v) is 3.06. The molecule has 1 rings (SSSR count). The number of carboxylic acid groups (broad SMARTS) is 1. The SMILES string of the molecule is CCN(C(=O)c1ccc(C)c(O)c1)C(C)CC(=O)O. The first kappa shape index (κ1) is 15.0. The molecule has 19 heavy (non-hydrogen) atoms. The number of aliphatic carboxylic acids is 1. The molecule has 5 nitrogen and oxygen atoms in total. The second kappa shape index (κ2) is 6.22. The number of carbonyl (C=O) groups is 2. The van der Waals surface area contributed by atoms with Crippen LogP contribution in [0.5, 0.6) is 5.75 Å². The number of hydrogen-bond donors (Lipinski definition) is 2. The molecule has 0 spiro atoms. The van der Waals surface area contributed by atoms with Crippen LogP contribution in [0.2, 0.25) is 0 Å². The largest absolute Gasteiger partial charge is 0.508 e. The summed E-state index contributed by atoms with van der Waals surface area (Å²) < 4.78 is 0. The van der Waals surface area contributed by atoms with Crippen molar-refractivity contribution in [3.63, 3.8) is 0 Å². The van der Waals surface area contributed by atoms with Crippen molar-refractivity contribution in [1.82, 2.24) is 4.90 Å². The summed E-state index contributed by atoms with van der Waals surface area (Å²) in [7, 11) is 0. The minimum Gasteiger partial charge on any atom is -0.508 e. The van der Waals surface area contributed by atoms with Crippen LogP contribution in [-0.2, 0) is 4.79 Å². The molecule has 2 N–H and O–H groups in total. The Morgan fingerprint density at radius 2 is 2.00 bits per heavy atom. The Bertz CT molecular complexity index is 484. The molecule has 0 aliphatic rings. The second-order valence-corrected chi connectivity index (χ2v) is 4.54. The smallest absolute Gasteiger partial charge is 0.305 e. The third kappa shape index (κ3) is 3.71. The van der Waals surface area contributed by atoms with Gasteiger partial charge in [-0.15, -0.1) is 0 Å². The van der Waals surface area contributed by atoms with Gasteiger partial charge in [0, 0.05) is 18.2 Å². The van der Waals surface area contributed by atoms with E-state index in [0.29, 0.717) is 17.7 Å². The highest BCUT2D eigenvalue weighted by atomic mass is 16.4. The molecule has 0 saturated carbocycles. The minimum absolute atomic E-state index is 0.0628. The highest BCUT2D eigenvalue weighted by molar-refractivity contribution is 5.95. The van der Waals surface area contributed by atoms with E-state index in [9.17, 15) is 14.7 Å². The molecule has 0 fully saturated rings. The number of rotatable bonds is 5. The summed E-state index contributed by atoms with van der Waals surface area (Å²) >= 11 is 0. The van der Waals surface area contributed by atoms with Crippen molar-refractivity contribution in [2.75, 3.05) is 6.54 Å². The maximum absolute atomic E-state index is 12.3. The summed E-state index contributed by atoms with van der Waals surface area (Å²) in [5.74, 6) is -1.15. The van der Waals surface area contributed by atoms with E-state index in [0.717, 1.165) is 0 Å². The molecule has 0 radical (unpaired) electrons. The van der Waals surface area contributed by atoms with E-state index in [-0.39, 0.29) is 18.1 Å². The van der Waals surface area contributed by atoms with E-state index in [1.54, 1.807) is 32.9 Å². The molecular formula is C14H19NO4. The number of aryl methyl sites for hydroxylation is 1. The van der Waals surface area contributed by atoms with E-state index in [4.69, 9.17) is 5.11 Å². The Hall–Kier alpha value is -2.04. The van der Waals surface area contributed by atoms with Gasteiger partial charge in [0.05, 0.1) is 6.42 Å². The third-order valence-electron chi connectivity index (χ3n) is 3.06. The predicted octanol–water partition coefficient (Wildman–Crippen LogP) is 2.03. The quantitative estimate of drug-likeness (QED) is 0.853. The number of carbonyl (C=O) groups excluding carboxylic acids is 1. The van der Waals surface area contributed by atoms with E-state index >= 15 is 0 Å². The molecule has 1 atom stereocenters. The van der Waals surface area contributed by atoms with Gasteiger partial charge < -0.3 is 15.1 Å². The van der Waals surface area contributed by atoms with Crippen LogP contribution in [0.3, 0.4) is 0 Å². The predicted molar refractivity (Wildman–Crippen MR) is 71.3 cm³/mol. The van der Waals surface area contributed by atoms with Crippen LogP contribution >= 0.6 is 0 Å². The van der Waals surface area contributed by atoms with E-state index < -0.39 is 12.0 Å². The van der Waals surface area contributed by atoms with Crippen molar-refractivity contribution in [3.05, 3.63) is 29.3 Å². The van der Waals surface area contributed by atoms with Crippen LogP contribution in [0.15, 0.2) is 18.2 Å². The van der Waals surface area contributed by atoms with Gasteiger partial charge in [-0.3, -0.25) is 9.59 Å². The van der Waals surface area contributed by atoms with Crippen LogP contribution in [-0.4, -0.2) is 39.6 Å². The molecule has 0 aliphatic carbocycles. The molecular weight excluding hydrogens is 246 g/mol. The first-order chi connectivity index (χ1) is 8.86. The van der Waals surface area contributed by atoms with Crippen LogP contribution in [0.1, 0.15) is 36.2 Å². The zero-order valence-electron chi connectivity index (χ0n) is 11.4. The summed E-state index contributed by atoms with van der Waals surface area (Å²) in [5, 5.41) is 18.4. The molecule has 1 amide bonds. The molecule has 0 saturated heterocycles. The molecule has 5 heteroatoms. The molecule has 0 aromatic heterocycles. The average molecular weight is 265 g/mol. The van der Waals surface area contributed by atoms with Gasteiger partial charge in [-0.2, -0.15) is 0 Å². The van der Waals surface area contributed by atoms with Gasteiger partial charge in [-0.1, -0.05) is 6.07 Å². The van der Waals surface area contributed by atoms with E-state index in [2.05, 4.69) is 0 Å². The maximum Gasteiger partial charge on any atom is 0.305 e. The van der Waals surface area contributed by atoms with Gasteiger partial charge >= 0.3 is 5.97 Å². The zero-order valence-corrected chi connectivity index (χ0v) is 11.4. The van der Waals surface area contributed by atoms with Crippen LogP contribution in [0.4, 0.5) is 0 Å². The fraction of sp³-hybridized carbons (Fsp3) is 0.429. The number of carboxylic acids is 1. The number of amides is 1. The molecule has 1 aromatic carbocycles. The van der Waals surface area contributed by atoms with Crippen molar-refractivity contribution in [2.45, 2.75) is 33.2 Å². The van der Waals surface area contributed by atoms with Crippen LogP contribution in [0.25, 0.3) is 0 Å². The van der Waals surface area contributed by atoms with Gasteiger partial charge in [0.15, 0.2) is 0 Å². The molecule has 1 unspecified atom stereocenters. The Morgan fingerprint density at radius 1 is 1.37 bits per heavy atom. The van der Waals surface area contributed by atoms with Gasteiger partial charge in [0.25, 0.3) is 5.91 Å². The Balaban J connectivity index is 2.94. The topological polar surface area (TPSA) is 77.8 Å². The highest BCUT2D eigenvalue weighted by Gasteiger charge is 2.22. The van der Waals surface area contributed by atoms with E-state index in [1.165, 1.54) is 11.0 Å². The number of benzene rings is 1. The van der Waals surface area contributed by atoms with Crippen LogP contribution < -0.4 is 0 Å². The number of nitrogens with zero attached hydrogens (tertiary/aromatic N) is 1. The fourth-order valence-electron chi connectivity index (χ4n) is 1.93. The molecule has 0 bridgehead atoms. The number of phenolic OH excluding ortho intramolecular Hbond substituents is 1. The first-order valence-corrected chi connectivity index (χ1v) is 6.19. The molecule has 104 valence electrons. The lowest BCUT2D eigenvalue weighted by Gasteiger charge is -2.27. The highest BCUT2D eigenvalue weighted by Crippen LogP contribution is 2.19. The normalized spacial score (nSPS) is 11.9. The van der Waals surface area contributed by atoms with E-state index in [1.807, 2.05) is 0 Å². The van der Waals surface area contributed by atoms with Crippen molar-refractivity contribution in [1.29, 1.82) is 0 Å². The van der Waals surface area contributed by atoms with Crippen molar-refractivity contribution in [2.24, 2.45) is 0 Å². The minimum atomic E-state index is -0.939. The summed E-state index contributed by atoms with van der Waals surface area (Å²) in [4.78, 5) is 24.5. The monoisotopic (exact) mass is 265 g/mol.